The fraction of sp³-hybridized carbons (Fsp3) is 0.385. The number of methoxy groups -OCH3 is 1. The minimum absolute atomic E-state index is 0.0701. The molecule has 19 heavy (non-hydrogen) atoms. The van der Waals surface area contributed by atoms with Crippen LogP contribution in [0.25, 0.3) is 0 Å². The summed E-state index contributed by atoms with van der Waals surface area (Å²) in [5.41, 5.74) is 6.12. The van der Waals surface area contributed by atoms with E-state index in [0.717, 1.165) is 6.42 Å². The molecule has 102 valence electrons. The van der Waals surface area contributed by atoms with Crippen molar-refractivity contribution in [1.82, 2.24) is 4.90 Å². The molecule has 1 heterocycles. The summed E-state index contributed by atoms with van der Waals surface area (Å²) in [7, 11) is 1.52. The number of carbonyl (C=O) groups excluding carboxylic acids is 1. The Hall–Kier alpha value is -2.24. The summed E-state index contributed by atoms with van der Waals surface area (Å²) in [4.78, 5) is 14.1. The van der Waals surface area contributed by atoms with Crippen LogP contribution in [0, 0.1) is 0 Å². The first-order valence-corrected chi connectivity index (χ1v) is 6.10. The zero-order valence-corrected chi connectivity index (χ0v) is 10.7. The molecule has 0 bridgehead atoms. The molecule has 1 atom stereocenters. The highest BCUT2D eigenvalue weighted by Gasteiger charge is 2.33. The summed E-state index contributed by atoms with van der Waals surface area (Å²) in [6.45, 7) is 0.595. The number of carbonyl (C=O) groups is 1. The number of para-hydroxylation sites is 1. The van der Waals surface area contributed by atoms with Gasteiger partial charge in [0.1, 0.15) is 5.75 Å². The van der Waals surface area contributed by atoms with Gasteiger partial charge in [0, 0.05) is 6.54 Å². The second kappa shape index (κ2) is 5.60. The van der Waals surface area contributed by atoms with Crippen molar-refractivity contribution in [3.63, 3.8) is 0 Å². The largest absolute Gasteiger partial charge is 0.496 e. The fourth-order valence-electron chi connectivity index (χ4n) is 2.36. The maximum atomic E-state index is 12.5. The first kappa shape index (κ1) is 13.2. The molecule has 2 rings (SSSR count). The number of nitrogens with zero attached hydrogens (tertiary/aromatic N) is 2. The van der Waals surface area contributed by atoms with Crippen molar-refractivity contribution in [3.05, 3.63) is 29.8 Å². The van der Waals surface area contributed by atoms with E-state index in [-0.39, 0.29) is 17.8 Å². The number of amidine groups is 1. The van der Waals surface area contributed by atoms with E-state index in [4.69, 9.17) is 15.7 Å². The smallest absolute Gasteiger partial charge is 0.258 e. The Morgan fingerprint density at radius 2 is 2.26 bits per heavy atom. The van der Waals surface area contributed by atoms with E-state index >= 15 is 0 Å². The number of hydrogen-bond donors (Lipinski definition) is 2. The lowest BCUT2D eigenvalue weighted by Crippen LogP contribution is -2.44. The maximum absolute atomic E-state index is 12.5. The van der Waals surface area contributed by atoms with Crippen LogP contribution in [-0.2, 0) is 0 Å². The summed E-state index contributed by atoms with van der Waals surface area (Å²) in [5.74, 6) is 0.435. The number of rotatable bonds is 3. The maximum Gasteiger partial charge on any atom is 0.258 e. The van der Waals surface area contributed by atoms with E-state index in [2.05, 4.69) is 5.16 Å². The second-order valence-corrected chi connectivity index (χ2v) is 4.38. The summed E-state index contributed by atoms with van der Waals surface area (Å²) in [5, 5.41) is 11.8. The van der Waals surface area contributed by atoms with E-state index in [9.17, 15) is 4.79 Å². The minimum atomic E-state index is -0.345. The normalized spacial score (nSPS) is 19.5. The average molecular weight is 263 g/mol. The number of hydrogen-bond acceptors (Lipinski definition) is 4. The molecule has 1 aliphatic rings. The Balaban J connectivity index is 2.28. The van der Waals surface area contributed by atoms with Gasteiger partial charge in [-0.2, -0.15) is 0 Å². The van der Waals surface area contributed by atoms with Gasteiger partial charge >= 0.3 is 0 Å². The lowest BCUT2D eigenvalue weighted by molar-refractivity contribution is 0.0764. The third-order valence-electron chi connectivity index (χ3n) is 3.31. The summed E-state index contributed by atoms with van der Waals surface area (Å²) < 4.78 is 5.19. The van der Waals surface area contributed by atoms with Gasteiger partial charge in [0.05, 0.1) is 18.7 Å². The molecule has 0 saturated carbocycles. The molecule has 1 saturated heterocycles. The second-order valence-electron chi connectivity index (χ2n) is 4.38. The highest BCUT2D eigenvalue weighted by molar-refractivity contribution is 6.00. The molecular formula is C13H17N3O3. The zero-order chi connectivity index (χ0) is 13.8. The number of ether oxygens (including phenoxy) is 1. The van der Waals surface area contributed by atoms with Crippen LogP contribution >= 0.6 is 0 Å². The van der Waals surface area contributed by atoms with E-state index in [1.54, 1.807) is 29.2 Å². The van der Waals surface area contributed by atoms with Crippen LogP contribution < -0.4 is 10.5 Å². The lowest BCUT2D eigenvalue weighted by Gasteiger charge is -2.24. The molecule has 6 heteroatoms. The molecule has 1 unspecified atom stereocenters. The van der Waals surface area contributed by atoms with Crippen LogP contribution in [-0.4, -0.2) is 41.5 Å². The summed E-state index contributed by atoms with van der Waals surface area (Å²) >= 11 is 0. The third kappa shape index (κ3) is 2.47. The van der Waals surface area contributed by atoms with Crippen LogP contribution in [0.5, 0.6) is 5.75 Å². The van der Waals surface area contributed by atoms with Gasteiger partial charge in [-0.05, 0) is 25.0 Å². The number of amides is 1. The van der Waals surface area contributed by atoms with Crippen LogP contribution in [0.3, 0.4) is 0 Å². The van der Waals surface area contributed by atoms with Crippen LogP contribution in [0.2, 0.25) is 0 Å². The number of nitrogens with two attached hydrogens (primary N) is 1. The number of likely N-dealkylation sites (tertiary alicyclic amines) is 1. The van der Waals surface area contributed by atoms with Crippen molar-refractivity contribution < 1.29 is 14.7 Å². The quantitative estimate of drug-likeness (QED) is 0.369. The SMILES string of the molecule is COc1ccccc1C(=O)N1CCCC1C(N)=NO. The van der Waals surface area contributed by atoms with E-state index in [1.807, 2.05) is 0 Å². The molecule has 6 nitrogen and oxygen atoms in total. The first-order valence-electron chi connectivity index (χ1n) is 6.10. The number of oxime groups is 1. The Kier molecular flexibility index (Phi) is 3.89. The van der Waals surface area contributed by atoms with Gasteiger partial charge in [-0.1, -0.05) is 17.3 Å². The molecule has 0 aromatic heterocycles. The molecule has 0 spiro atoms. The molecule has 1 aromatic rings. The fourth-order valence-corrected chi connectivity index (χ4v) is 2.36. The van der Waals surface area contributed by atoms with Crippen LogP contribution in [0.1, 0.15) is 23.2 Å². The minimum Gasteiger partial charge on any atom is -0.496 e. The van der Waals surface area contributed by atoms with Gasteiger partial charge in [-0.3, -0.25) is 4.79 Å². The molecule has 1 fully saturated rings. The first-order chi connectivity index (χ1) is 9.19. The van der Waals surface area contributed by atoms with Crippen molar-refractivity contribution in [1.29, 1.82) is 0 Å². The van der Waals surface area contributed by atoms with Crippen molar-refractivity contribution in [2.75, 3.05) is 13.7 Å². The lowest BCUT2D eigenvalue weighted by atomic mass is 10.1. The van der Waals surface area contributed by atoms with Crippen LogP contribution in [0.4, 0.5) is 0 Å². The van der Waals surface area contributed by atoms with Gasteiger partial charge in [-0.15, -0.1) is 0 Å². The topological polar surface area (TPSA) is 88.2 Å². The molecular weight excluding hydrogens is 246 g/mol. The van der Waals surface area contributed by atoms with Gasteiger partial charge in [0.25, 0.3) is 5.91 Å². The van der Waals surface area contributed by atoms with Crippen LogP contribution in [0.15, 0.2) is 29.4 Å². The van der Waals surface area contributed by atoms with E-state index < -0.39 is 0 Å². The molecule has 3 N–H and O–H groups in total. The van der Waals surface area contributed by atoms with Crippen molar-refractivity contribution in [3.8, 4) is 5.75 Å². The van der Waals surface area contributed by atoms with Gasteiger partial charge in [-0.25, -0.2) is 0 Å². The Morgan fingerprint density at radius 1 is 1.53 bits per heavy atom. The summed E-state index contributed by atoms with van der Waals surface area (Å²) in [6, 6.07) is 6.69. The Morgan fingerprint density at radius 3 is 2.95 bits per heavy atom. The van der Waals surface area contributed by atoms with Crippen molar-refractivity contribution >= 4 is 11.7 Å². The summed E-state index contributed by atoms with van der Waals surface area (Å²) in [6.07, 6.45) is 1.54. The molecule has 0 radical (unpaired) electrons. The molecule has 0 aliphatic carbocycles. The monoisotopic (exact) mass is 263 g/mol. The predicted octanol–water partition coefficient (Wildman–Crippen LogP) is 1.05. The Bertz CT molecular complexity index is 502. The highest BCUT2D eigenvalue weighted by Crippen LogP contribution is 2.25. The average Bonchev–Trinajstić information content (AvgIpc) is 2.95. The Labute approximate surface area is 111 Å². The standard InChI is InChI=1S/C13H17N3O3/c1-19-11-7-3-2-5-9(11)13(17)16-8-4-6-10(16)12(14)15-18/h2-3,5,7,10,18H,4,6,8H2,1H3,(H2,14,15). The zero-order valence-electron chi connectivity index (χ0n) is 10.7. The highest BCUT2D eigenvalue weighted by atomic mass is 16.5. The number of benzene rings is 1. The molecule has 1 aliphatic heterocycles. The van der Waals surface area contributed by atoms with Gasteiger partial charge < -0.3 is 20.6 Å². The molecule has 1 amide bonds. The van der Waals surface area contributed by atoms with Gasteiger partial charge in [0.15, 0.2) is 5.84 Å². The van der Waals surface area contributed by atoms with Crippen molar-refractivity contribution in [2.45, 2.75) is 18.9 Å². The molecule has 1 aromatic carbocycles. The predicted molar refractivity (Wildman–Crippen MR) is 70.5 cm³/mol. The van der Waals surface area contributed by atoms with E-state index in [0.29, 0.717) is 24.3 Å². The van der Waals surface area contributed by atoms with E-state index in [1.165, 1.54) is 7.11 Å². The van der Waals surface area contributed by atoms with Crippen molar-refractivity contribution in [2.24, 2.45) is 10.9 Å². The third-order valence-corrected chi connectivity index (χ3v) is 3.31. The van der Waals surface area contributed by atoms with Gasteiger partial charge in [0.2, 0.25) is 0 Å².